The summed E-state index contributed by atoms with van der Waals surface area (Å²) < 4.78 is 5.94. The van der Waals surface area contributed by atoms with Crippen LogP contribution in [0.3, 0.4) is 0 Å². The molecule has 0 aliphatic heterocycles. The van der Waals surface area contributed by atoms with Crippen molar-refractivity contribution in [2.75, 3.05) is 5.32 Å². The summed E-state index contributed by atoms with van der Waals surface area (Å²) in [5.74, 6) is 1.01. The minimum Gasteiger partial charge on any atom is -0.506 e. The van der Waals surface area contributed by atoms with Crippen LogP contribution in [-0.2, 0) is 6.54 Å². The first-order valence-electron chi connectivity index (χ1n) is 6.43. The molecule has 1 aromatic heterocycles. The lowest BCUT2D eigenvalue weighted by atomic mass is 10.1. The maximum atomic E-state index is 9.94. The maximum absolute atomic E-state index is 9.94. The van der Waals surface area contributed by atoms with E-state index in [9.17, 15) is 5.11 Å². The van der Waals surface area contributed by atoms with Crippen LogP contribution in [0, 0.1) is 0 Å². The number of hydrogen-bond acceptors (Lipinski definition) is 4. The van der Waals surface area contributed by atoms with E-state index in [1.165, 1.54) is 6.39 Å². The van der Waals surface area contributed by atoms with E-state index in [0.717, 1.165) is 22.6 Å². The van der Waals surface area contributed by atoms with Crippen LogP contribution in [-0.4, -0.2) is 10.1 Å². The number of phenolic OH excluding ortho intramolecular Hbond substituents is 1. The average molecular weight is 345 g/mol. The van der Waals surface area contributed by atoms with Crippen molar-refractivity contribution in [3.8, 4) is 17.1 Å². The zero-order chi connectivity index (χ0) is 14.7. The number of benzene rings is 2. The van der Waals surface area contributed by atoms with E-state index in [0.29, 0.717) is 11.0 Å². The molecular weight excluding hydrogens is 332 g/mol. The lowest BCUT2D eigenvalue weighted by Gasteiger charge is -2.09. The average Bonchev–Trinajstić information content (AvgIpc) is 3.04. The Hall–Kier alpha value is -2.27. The van der Waals surface area contributed by atoms with Gasteiger partial charge in [-0.1, -0.05) is 12.1 Å². The molecule has 0 fully saturated rings. The Balaban J connectivity index is 1.70. The van der Waals surface area contributed by atoms with Crippen molar-refractivity contribution in [2.45, 2.75) is 6.54 Å². The highest BCUT2D eigenvalue weighted by atomic mass is 79.9. The quantitative estimate of drug-likeness (QED) is 0.735. The zero-order valence-corrected chi connectivity index (χ0v) is 12.7. The number of phenols is 1. The molecule has 1 heterocycles. The van der Waals surface area contributed by atoms with Crippen molar-refractivity contribution >= 4 is 21.6 Å². The number of oxazole rings is 1. The van der Waals surface area contributed by atoms with E-state index in [-0.39, 0.29) is 5.75 Å². The molecule has 3 rings (SSSR count). The highest BCUT2D eigenvalue weighted by molar-refractivity contribution is 9.10. The van der Waals surface area contributed by atoms with E-state index in [2.05, 4.69) is 26.2 Å². The minimum absolute atomic E-state index is 0.267. The molecule has 106 valence electrons. The molecule has 0 unspecified atom stereocenters. The molecule has 0 saturated heterocycles. The van der Waals surface area contributed by atoms with Gasteiger partial charge in [0.05, 0.1) is 10.7 Å². The molecule has 0 radical (unpaired) electrons. The molecule has 0 aliphatic carbocycles. The van der Waals surface area contributed by atoms with Gasteiger partial charge in [-0.05, 0) is 46.3 Å². The standard InChI is InChI=1S/C16H13BrN2O2/c17-14-3-1-2-12(16(14)20)8-19-13-6-4-11(5-7-13)15-9-18-10-21-15/h1-7,9-10,19-20H,8H2. The summed E-state index contributed by atoms with van der Waals surface area (Å²) in [5.41, 5.74) is 2.78. The molecule has 0 aliphatic rings. The maximum Gasteiger partial charge on any atom is 0.181 e. The molecule has 4 nitrogen and oxygen atoms in total. The highest BCUT2D eigenvalue weighted by Crippen LogP contribution is 2.28. The molecule has 21 heavy (non-hydrogen) atoms. The summed E-state index contributed by atoms with van der Waals surface area (Å²) >= 11 is 3.31. The highest BCUT2D eigenvalue weighted by Gasteiger charge is 2.05. The van der Waals surface area contributed by atoms with Crippen molar-refractivity contribution in [3.63, 3.8) is 0 Å². The smallest absolute Gasteiger partial charge is 0.181 e. The van der Waals surface area contributed by atoms with Crippen LogP contribution >= 0.6 is 15.9 Å². The molecule has 2 N–H and O–H groups in total. The topological polar surface area (TPSA) is 58.3 Å². The molecule has 0 atom stereocenters. The second kappa shape index (κ2) is 6.01. The van der Waals surface area contributed by atoms with Crippen LogP contribution < -0.4 is 5.32 Å². The van der Waals surface area contributed by atoms with Gasteiger partial charge in [-0.25, -0.2) is 4.98 Å². The van der Waals surface area contributed by atoms with Crippen molar-refractivity contribution in [2.24, 2.45) is 0 Å². The van der Waals surface area contributed by atoms with Crippen LogP contribution in [0.15, 0.2) is 63.9 Å². The number of halogens is 1. The van der Waals surface area contributed by atoms with E-state index in [1.54, 1.807) is 6.20 Å². The van der Waals surface area contributed by atoms with Crippen molar-refractivity contribution < 1.29 is 9.52 Å². The van der Waals surface area contributed by atoms with Gasteiger partial charge < -0.3 is 14.8 Å². The zero-order valence-electron chi connectivity index (χ0n) is 11.1. The van der Waals surface area contributed by atoms with Gasteiger partial charge in [0.1, 0.15) is 5.75 Å². The lowest BCUT2D eigenvalue weighted by molar-refractivity contribution is 0.465. The number of hydrogen-bond donors (Lipinski definition) is 2. The first kappa shape index (κ1) is 13.7. The van der Waals surface area contributed by atoms with E-state index < -0.39 is 0 Å². The Labute approximate surface area is 130 Å². The lowest BCUT2D eigenvalue weighted by Crippen LogP contribution is -1.99. The van der Waals surface area contributed by atoms with E-state index in [1.807, 2.05) is 42.5 Å². The first-order chi connectivity index (χ1) is 10.2. The molecular formula is C16H13BrN2O2. The fraction of sp³-hybridized carbons (Fsp3) is 0.0625. The third kappa shape index (κ3) is 3.08. The second-order valence-electron chi connectivity index (χ2n) is 4.54. The minimum atomic E-state index is 0.267. The second-order valence-corrected chi connectivity index (χ2v) is 5.40. The number of rotatable bonds is 4. The van der Waals surface area contributed by atoms with Crippen molar-refractivity contribution in [1.82, 2.24) is 4.98 Å². The summed E-state index contributed by atoms with van der Waals surface area (Å²) in [5, 5.41) is 13.2. The Morgan fingerprint density at radius 1 is 1.14 bits per heavy atom. The van der Waals surface area contributed by atoms with Gasteiger partial charge in [-0.15, -0.1) is 0 Å². The Morgan fingerprint density at radius 2 is 1.95 bits per heavy atom. The summed E-state index contributed by atoms with van der Waals surface area (Å²) in [6.07, 6.45) is 3.10. The van der Waals surface area contributed by atoms with Gasteiger partial charge in [-0.3, -0.25) is 0 Å². The SMILES string of the molecule is Oc1c(Br)cccc1CNc1ccc(-c2cnco2)cc1. The third-order valence-corrected chi connectivity index (χ3v) is 3.79. The number of para-hydroxylation sites is 1. The van der Waals surface area contributed by atoms with Crippen LogP contribution in [0.2, 0.25) is 0 Å². The number of anilines is 1. The molecule has 0 saturated carbocycles. The monoisotopic (exact) mass is 344 g/mol. The number of aromatic hydroxyl groups is 1. The Morgan fingerprint density at radius 3 is 2.67 bits per heavy atom. The fourth-order valence-electron chi connectivity index (χ4n) is 2.01. The fourth-order valence-corrected chi connectivity index (χ4v) is 2.42. The molecule has 0 amide bonds. The van der Waals surface area contributed by atoms with Gasteiger partial charge in [0.25, 0.3) is 0 Å². The molecule has 5 heteroatoms. The van der Waals surface area contributed by atoms with Gasteiger partial charge >= 0.3 is 0 Å². The molecule has 2 aromatic carbocycles. The van der Waals surface area contributed by atoms with Gasteiger partial charge in [0.2, 0.25) is 0 Å². The molecule has 0 bridgehead atoms. The van der Waals surface area contributed by atoms with Crippen LogP contribution in [0.1, 0.15) is 5.56 Å². The molecule has 0 spiro atoms. The van der Waals surface area contributed by atoms with Gasteiger partial charge in [0, 0.05) is 23.4 Å². The van der Waals surface area contributed by atoms with Gasteiger partial charge in [-0.2, -0.15) is 0 Å². The first-order valence-corrected chi connectivity index (χ1v) is 7.22. The predicted molar refractivity (Wildman–Crippen MR) is 85.1 cm³/mol. The summed E-state index contributed by atoms with van der Waals surface area (Å²) in [6, 6.07) is 13.4. The van der Waals surface area contributed by atoms with Crippen molar-refractivity contribution in [3.05, 3.63) is 65.1 Å². The van der Waals surface area contributed by atoms with E-state index >= 15 is 0 Å². The Kier molecular flexibility index (Phi) is 3.92. The molecule has 3 aromatic rings. The number of nitrogens with one attached hydrogen (secondary N) is 1. The summed E-state index contributed by atoms with van der Waals surface area (Å²) in [7, 11) is 0. The Bertz CT molecular complexity index is 725. The third-order valence-electron chi connectivity index (χ3n) is 3.16. The van der Waals surface area contributed by atoms with Crippen LogP contribution in [0.4, 0.5) is 5.69 Å². The largest absolute Gasteiger partial charge is 0.506 e. The number of aromatic nitrogens is 1. The van der Waals surface area contributed by atoms with Crippen LogP contribution in [0.5, 0.6) is 5.75 Å². The van der Waals surface area contributed by atoms with Crippen molar-refractivity contribution in [1.29, 1.82) is 0 Å². The van der Waals surface area contributed by atoms with Gasteiger partial charge in [0.15, 0.2) is 12.2 Å². The predicted octanol–water partition coefficient (Wildman–Crippen LogP) is 4.42. The summed E-state index contributed by atoms with van der Waals surface area (Å²) in [4.78, 5) is 3.90. The summed E-state index contributed by atoms with van der Waals surface area (Å²) in [6.45, 7) is 0.549. The van der Waals surface area contributed by atoms with E-state index in [4.69, 9.17) is 4.42 Å². The van der Waals surface area contributed by atoms with Crippen LogP contribution in [0.25, 0.3) is 11.3 Å². The number of nitrogens with zero attached hydrogens (tertiary/aromatic N) is 1. The normalized spacial score (nSPS) is 10.5.